The van der Waals surface area contributed by atoms with E-state index in [1.165, 1.54) is 4.57 Å². The lowest BCUT2D eigenvalue weighted by Crippen LogP contribution is -2.23. The molecule has 0 aliphatic carbocycles. The molecule has 0 amide bonds. The highest BCUT2D eigenvalue weighted by Crippen LogP contribution is 2.19. The largest absolute Gasteiger partial charge is 0.307 e. The van der Waals surface area contributed by atoms with Gasteiger partial charge in [0.25, 0.3) is 10.8 Å². The second-order valence-corrected chi connectivity index (χ2v) is 4.00. The van der Waals surface area contributed by atoms with Gasteiger partial charge >= 0.3 is 0 Å². The molecule has 0 atom stereocenters. The number of benzene rings is 1. The third-order valence-electron chi connectivity index (χ3n) is 2.74. The molecule has 0 aliphatic heterocycles. The summed E-state index contributed by atoms with van der Waals surface area (Å²) >= 11 is 5.49. The van der Waals surface area contributed by atoms with Crippen molar-refractivity contribution >= 4 is 27.6 Å². The fraction of sp³-hybridized carbons (Fsp3) is 0.167. The third-order valence-corrected chi connectivity index (χ3v) is 2.92. The topological polar surface area (TPSA) is 39.1 Å². The van der Waals surface area contributed by atoms with Crippen LogP contribution in [0.4, 0.5) is 0 Å². The van der Waals surface area contributed by atoms with Gasteiger partial charge in [-0.05, 0) is 35.5 Å². The Balaban J connectivity index is 3.07. The summed E-state index contributed by atoms with van der Waals surface area (Å²) < 4.78 is 1.30. The van der Waals surface area contributed by atoms with Crippen molar-refractivity contribution in [2.75, 3.05) is 0 Å². The van der Waals surface area contributed by atoms with Crippen LogP contribution in [0.5, 0.6) is 0 Å². The zero-order valence-electron chi connectivity index (χ0n) is 8.95. The molecule has 3 nitrogen and oxygen atoms in total. The van der Waals surface area contributed by atoms with E-state index in [0.29, 0.717) is 5.39 Å². The summed E-state index contributed by atoms with van der Waals surface area (Å²) in [6.45, 7) is 1.79. The summed E-state index contributed by atoms with van der Waals surface area (Å²) in [6, 6.07) is 7.19. The van der Waals surface area contributed by atoms with E-state index in [1.54, 1.807) is 26.1 Å². The number of pyridine rings is 1. The quantitative estimate of drug-likeness (QED) is 0.711. The van der Waals surface area contributed by atoms with Crippen molar-refractivity contribution in [3.8, 4) is 0 Å². The summed E-state index contributed by atoms with van der Waals surface area (Å²) in [4.78, 5) is 23.2. The first-order valence-corrected chi connectivity index (χ1v) is 5.20. The first-order valence-electron chi connectivity index (χ1n) is 4.82. The van der Waals surface area contributed by atoms with Crippen molar-refractivity contribution in [2.24, 2.45) is 7.05 Å². The van der Waals surface area contributed by atoms with Crippen LogP contribution in [0, 0.1) is 6.92 Å². The number of carbonyl (C=O) groups is 1. The number of halogens is 1. The van der Waals surface area contributed by atoms with Crippen LogP contribution in [0.3, 0.4) is 0 Å². The van der Waals surface area contributed by atoms with Crippen LogP contribution in [-0.4, -0.2) is 9.81 Å². The molecular formula is C12H10ClNO2. The summed E-state index contributed by atoms with van der Waals surface area (Å²) in [5.74, 6) is 0. The number of fused-ring (bicyclic) bond motifs is 1. The average molecular weight is 236 g/mol. The molecule has 0 saturated heterocycles. The lowest BCUT2D eigenvalue weighted by molar-refractivity contribution is 0.107. The number of hydrogen-bond donors (Lipinski definition) is 0. The number of nitrogens with zero attached hydrogens (tertiary/aromatic N) is 1. The summed E-state index contributed by atoms with van der Waals surface area (Å²) in [5.41, 5.74) is 0.785. The molecule has 0 unspecified atom stereocenters. The van der Waals surface area contributed by atoms with Gasteiger partial charge in [-0.1, -0.05) is 18.2 Å². The SMILES string of the molecule is Cc1c(C(=O)Cl)n(C)c(=O)c2ccccc12. The molecule has 4 heteroatoms. The van der Waals surface area contributed by atoms with Crippen molar-refractivity contribution in [3.63, 3.8) is 0 Å². The minimum atomic E-state index is -0.608. The molecule has 0 radical (unpaired) electrons. The van der Waals surface area contributed by atoms with Gasteiger partial charge in [0.15, 0.2) is 0 Å². The molecule has 0 spiro atoms. The number of aryl methyl sites for hydroxylation is 1. The van der Waals surface area contributed by atoms with Crippen LogP contribution in [0.2, 0.25) is 0 Å². The van der Waals surface area contributed by atoms with Gasteiger partial charge in [-0.15, -0.1) is 0 Å². The molecule has 0 fully saturated rings. The van der Waals surface area contributed by atoms with Crippen molar-refractivity contribution in [2.45, 2.75) is 6.92 Å². The van der Waals surface area contributed by atoms with Crippen LogP contribution in [0.1, 0.15) is 16.1 Å². The highest BCUT2D eigenvalue weighted by atomic mass is 35.5. The van der Waals surface area contributed by atoms with Crippen molar-refractivity contribution in [3.05, 3.63) is 45.9 Å². The third kappa shape index (κ3) is 1.44. The van der Waals surface area contributed by atoms with Crippen molar-refractivity contribution in [1.82, 2.24) is 4.57 Å². The number of aromatic nitrogens is 1. The van der Waals surface area contributed by atoms with Crippen LogP contribution in [-0.2, 0) is 7.05 Å². The van der Waals surface area contributed by atoms with Crippen LogP contribution >= 0.6 is 11.6 Å². The van der Waals surface area contributed by atoms with Crippen LogP contribution in [0.25, 0.3) is 10.8 Å². The van der Waals surface area contributed by atoms with Gasteiger partial charge in [-0.25, -0.2) is 0 Å². The van der Waals surface area contributed by atoms with Gasteiger partial charge < -0.3 is 4.57 Å². The van der Waals surface area contributed by atoms with E-state index in [-0.39, 0.29) is 11.3 Å². The smallest absolute Gasteiger partial charge is 0.269 e. The molecule has 1 aromatic heterocycles. The highest BCUT2D eigenvalue weighted by molar-refractivity contribution is 6.67. The fourth-order valence-electron chi connectivity index (χ4n) is 1.94. The average Bonchev–Trinajstić information content (AvgIpc) is 2.26. The summed E-state index contributed by atoms with van der Waals surface area (Å²) in [5, 5.41) is 0.765. The monoisotopic (exact) mass is 235 g/mol. The zero-order valence-corrected chi connectivity index (χ0v) is 9.71. The Morgan fingerprint density at radius 3 is 2.38 bits per heavy atom. The Morgan fingerprint density at radius 2 is 1.81 bits per heavy atom. The zero-order chi connectivity index (χ0) is 11.9. The number of rotatable bonds is 1. The van der Waals surface area contributed by atoms with Gasteiger partial charge in [0.05, 0.1) is 0 Å². The summed E-state index contributed by atoms with van der Waals surface area (Å²) in [7, 11) is 1.55. The number of carbonyl (C=O) groups excluding carboxylic acids is 1. The van der Waals surface area contributed by atoms with E-state index in [4.69, 9.17) is 11.6 Å². The van der Waals surface area contributed by atoms with Gasteiger partial charge in [0, 0.05) is 12.4 Å². The molecule has 1 heterocycles. The normalized spacial score (nSPS) is 10.7. The lowest BCUT2D eigenvalue weighted by atomic mass is 10.1. The van der Waals surface area contributed by atoms with E-state index in [0.717, 1.165) is 10.9 Å². The molecule has 0 saturated carbocycles. The van der Waals surface area contributed by atoms with Crippen LogP contribution < -0.4 is 5.56 Å². The predicted octanol–water partition coefficient (Wildman–Crippen LogP) is 2.23. The molecule has 16 heavy (non-hydrogen) atoms. The lowest BCUT2D eigenvalue weighted by Gasteiger charge is -2.10. The first kappa shape index (κ1) is 10.9. The maximum atomic E-state index is 12.0. The van der Waals surface area contributed by atoms with Gasteiger partial charge in [0.1, 0.15) is 5.69 Å². The van der Waals surface area contributed by atoms with Crippen LogP contribution in [0.15, 0.2) is 29.1 Å². The Hall–Kier alpha value is -1.61. The molecule has 0 bridgehead atoms. The first-order chi connectivity index (χ1) is 7.54. The molecule has 1 aromatic carbocycles. The van der Waals surface area contributed by atoms with Gasteiger partial charge in [-0.2, -0.15) is 0 Å². The summed E-state index contributed by atoms with van der Waals surface area (Å²) in [6.07, 6.45) is 0. The van der Waals surface area contributed by atoms with E-state index < -0.39 is 5.24 Å². The van der Waals surface area contributed by atoms with Gasteiger partial charge in [0.2, 0.25) is 0 Å². The maximum absolute atomic E-state index is 12.0. The molecule has 0 N–H and O–H groups in total. The van der Waals surface area contributed by atoms with Gasteiger partial charge in [-0.3, -0.25) is 9.59 Å². The van der Waals surface area contributed by atoms with E-state index in [2.05, 4.69) is 0 Å². The molecule has 2 rings (SSSR count). The minimum Gasteiger partial charge on any atom is -0.307 e. The standard InChI is InChI=1S/C12H10ClNO2/c1-7-8-5-3-4-6-9(8)12(16)14(2)10(7)11(13)15/h3-6H,1-2H3. The molecular weight excluding hydrogens is 226 g/mol. The Kier molecular flexibility index (Phi) is 2.56. The second-order valence-electron chi connectivity index (χ2n) is 3.66. The van der Waals surface area contributed by atoms with Crippen molar-refractivity contribution in [1.29, 1.82) is 0 Å². The van der Waals surface area contributed by atoms with E-state index in [9.17, 15) is 9.59 Å². The Bertz CT molecular complexity index is 643. The van der Waals surface area contributed by atoms with Crippen molar-refractivity contribution < 1.29 is 4.79 Å². The fourth-order valence-corrected chi connectivity index (χ4v) is 2.21. The number of hydrogen-bond acceptors (Lipinski definition) is 2. The molecule has 0 aliphatic rings. The van der Waals surface area contributed by atoms with E-state index >= 15 is 0 Å². The maximum Gasteiger partial charge on any atom is 0.269 e. The molecule has 82 valence electrons. The Labute approximate surface area is 97.3 Å². The minimum absolute atomic E-state index is 0.204. The Morgan fingerprint density at radius 1 is 1.25 bits per heavy atom. The second kappa shape index (κ2) is 3.76. The molecule has 2 aromatic rings. The highest BCUT2D eigenvalue weighted by Gasteiger charge is 2.15. The predicted molar refractivity (Wildman–Crippen MR) is 64.1 cm³/mol. The van der Waals surface area contributed by atoms with E-state index in [1.807, 2.05) is 12.1 Å².